The monoisotopic (exact) mass is 331 g/mol. The van der Waals surface area contributed by atoms with Crippen LogP contribution in [0.1, 0.15) is 29.5 Å². The average molecular weight is 331 g/mol. The van der Waals surface area contributed by atoms with E-state index in [1.54, 1.807) is 6.20 Å². The van der Waals surface area contributed by atoms with E-state index in [0.29, 0.717) is 12.8 Å². The van der Waals surface area contributed by atoms with Crippen molar-refractivity contribution in [1.82, 2.24) is 15.6 Å². The van der Waals surface area contributed by atoms with Crippen LogP contribution >= 0.6 is 11.3 Å². The summed E-state index contributed by atoms with van der Waals surface area (Å²) in [6, 6.07) is 8.94. The molecule has 7 heteroatoms. The number of carboxylic acid groups (broad SMARTS) is 1. The highest BCUT2D eigenvalue weighted by molar-refractivity contribution is 7.09. The Labute approximate surface area is 137 Å². The third-order valence-electron chi connectivity index (χ3n) is 3.93. The minimum absolute atomic E-state index is 0.0798. The first-order chi connectivity index (χ1) is 11.1. The molecule has 1 atom stereocenters. The van der Waals surface area contributed by atoms with Gasteiger partial charge in [-0.25, -0.2) is 9.78 Å². The second kappa shape index (κ2) is 6.78. The molecular weight excluding hydrogens is 314 g/mol. The molecule has 0 bridgehead atoms. The number of carbonyl (C=O) groups excluding carboxylic acids is 1. The van der Waals surface area contributed by atoms with E-state index < -0.39 is 5.97 Å². The van der Waals surface area contributed by atoms with E-state index in [9.17, 15) is 9.59 Å². The molecule has 0 aliphatic heterocycles. The second-order valence-electron chi connectivity index (χ2n) is 5.54. The number of hydrogen-bond acceptors (Lipinski definition) is 4. The van der Waals surface area contributed by atoms with Crippen molar-refractivity contribution in [3.8, 4) is 0 Å². The number of nitrogens with zero attached hydrogens (tertiary/aromatic N) is 1. The highest BCUT2D eigenvalue weighted by Crippen LogP contribution is 2.28. The fourth-order valence-electron chi connectivity index (χ4n) is 2.61. The number of carboxylic acids is 1. The predicted octanol–water partition coefficient (Wildman–Crippen LogP) is 2.39. The van der Waals surface area contributed by atoms with E-state index in [4.69, 9.17) is 5.11 Å². The highest BCUT2D eigenvalue weighted by atomic mass is 32.1. The molecule has 1 heterocycles. The lowest BCUT2D eigenvalue weighted by atomic mass is 9.80. The second-order valence-corrected chi connectivity index (χ2v) is 6.46. The number of hydrogen-bond donors (Lipinski definition) is 3. The maximum atomic E-state index is 12.2. The molecule has 1 aliphatic rings. The van der Waals surface area contributed by atoms with Gasteiger partial charge in [-0.3, -0.25) is 4.79 Å². The minimum atomic E-state index is -0.798. The molecular formula is C16H17N3O3S. The van der Waals surface area contributed by atoms with Gasteiger partial charge in [0.2, 0.25) is 0 Å². The van der Waals surface area contributed by atoms with Crippen LogP contribution in [0.25, 0.3) is 0 Å². The third kappa shape index (κ3) is 3.68. The summed E-state index contributed by atoms with van der Waals surface area (Å²) in [6.45, 7) is 0. The lowest BCUT2D eigenvalue weighted by molar-refractivity contribution is -0.145. The lowest BCUT2D eigenvalue weighted by Gasteiger charge is -2.33. The average Bonchev–Trinajstić information content (AvgIpc) is 3.02. The van der Waals surface area contributed by atoms with E-state index >= 15 is 0 Å². The highest BCUT2D eigenvalue weighted by Gasteiger charge is 2.35. The van der Waals surface area contributed by atoms with Crippen LogP contribution in [0.3, 0.4) is 0 Å². The van der Waals surface area contributed by atoms with Gasteiger partial charge >= 0.3 is 12.0 Å². The van der Waals surface area contributed by atoms with Gasteiger partial charge in [0.25, 0.3) is 0 Å². The van der Waals surface area contributed by atoms with Gasteiger partial charge in [-0.2, -0.15) is 0 Å². The van der Waals surface area contributed by atoms with E-state index in [2.05, 4.69) is 15.6 Å². The molecule has 2 amide bonds. The molecule has 23 heavy (non-hydrogen) atoms. The number of thiazole rings is 1. The van der Waals surface area contributed by atoms with Crippen LogP contribution in [0.15, 0.2) is 41.9 Å². The van der Waals surface area contributed by atoms with E-state index in [1.807, 2.05) is 35.7 Å². The zero-order valence-corrected chi connectivity index (χ0v) is 13.1. The van der Waals surface area contributed by atoms with Crippen LogP contribution in [0, 0.1) is 5.92 Å². The van der Waals surface area contributed by atoms with Crippen molar-refractivity contribution in [2.45, 2.75) is 24.9 Å². The summed E-state index contributed by atoms with van der Waals surface area (Å²) in [5, 5.41) is 17.3. The van der Waals surface area contributed by atoms with Crippen molar-refractivity contribution in [2.24, 2.45) is 5.92 Å². The van der Waals surface area contributed by atoms with Crippen LogP contribution in [0.5, 0.6) is 0 Å². The number of benzene rings is 1. The fourth-order valence-corrected chi connectivity index (χ4v) is 3.32. The third-order valence-corrected chi connectivity index (χ3v) is 4.77. The van der Waals surface area contributed by atoms with Crippen molar-refractivity contribution in [2.75, 3.05) is 0 Å². The first kappa shape index (κ1) is 15.5. The van der Waals surface area contributed by atoms with Gasteiger partial charge in [0.1, 0.15) is 11.0 Å². The fraction of sp³-hybridized carbons (Fsp3) is 0.312. The zero-order chi connectivity index (χ0) is 16.2. The van der Waals surface area contributed by atoms with Gasteiger partial charge in [0.05, 0.1) is 5.92 Å². The van der Waals surface area contributed by atoms with Crippen LogP contribution in [-0.2, 0) is 4.79 Å². The summed E-state index contributed by atoms with van der Waals surface area (Å²) in [5.74, 6) is -1.14. The van der Waals surface area contributed by atoms with Crippen LogP contribution in [0.4, 0.5) is 4.79 Å². The summed E-state index contributed by atoms with van der Waals surface area (Å²) < 4.78 is 0. The van der Waals surface area contributed by atoms with E-state index in [1.165, 1.54) is 11.3 Å². The lowest BCUT2D eigenvalue weighted by Crippen LogP contribution is -2.50. The molecule has 0 radical (unpaired) electrons. The molecule has 1 fully saturated rings. The number of amides is 2. The first-order valence-corrected chi connectivity index (χ1v) is 8.25. The van der Waals surface area contributed by atoms with Crippen LogP contribution in [0.2, 0.25) is 0 Å². The maximum absolute atomic E-state index is 12.2. The SMILES string of the molecule is O=C(NC1CC(C(=O)O)C1)NC(c1ccccc1)c1nccs1. The summed E-state index contributed by atoms with van der Waals surface area (Å²) in [7, 11) is 0. The van der Waals surface area contributed by atoms with Crippen molar-refractivity contribution >= 4 is 23.3 Å². The summed E-state index contributed by atoms with van der Waals surface area (Å²) in [6.07, 6.45) is 2.67. The normalized spacial score (nSPS) is 21.0. The minimum Gasteiger partial charge on any atom is -0.481 e. The Balaban J connectivity index is 1.63. The molecule has 1 unspecified atom stereocenters. The number of aliphatic carboxylic acids is 1. The molecule has 0 saturated heterocycles. The molecule has 3 N–H and O–H groups in total. The van der Waals surface area contributed by atoms with Gasteiger partial charge in [0.15, 0.2) is 0 Å². The van der Waals surface area contributed by atoms with E-state index in [0.717, 1.165) is 10.6 Å². The van der Waals surface area contributed by atoms with Gasteiger partial charge in [-0.05, 0) is 18.4 Å². The largest absolute Gasteiger partial charge is 0.481 e. The molecule has 1 aliphatic carbocycles. The maximum Gasteiger partial charge on any atom is 0.315 e. The van der Waals surface area contributed by atoms with Gasteiger partial charge in [-0.1, -0.05) is 30.3 Å². The quantitative estimate of drug-likeness (QED) is 0.784. The van der Waals surface area contributed by atoms with Crippen molar-refractivity contribution in [1.29, 1.82) is 0 Å². The van der Waals surface area contributed by atoms with Crippen LogP contribution < -0.4 is 10.6 Å². The summed E-state index contributed by atoms with van der Waals surface area (Å²) in [5.41, 5.74) is 0.953. The Morgan fingerprint density at radius 2 is 2.00 bits per heavy atom. The van der Waals surface area contributed by atoms with Crippen molar-refractivity contribution in [3.63, 3.8) is 0 Å². The van der Waals surface area contributed by atoms with Crippen molar-refractivity contribution < 1.29 is 14.7 Å². The number of nitrogens with one attached hydrogen (secondary N) is 2. The predicted molar refractivity (Wildman–Crippen MR) is 86.2 cm³/mol. The Morgan fingerprint density at radius 1 is 1.26 bits per heavy atom. The number of rotatable bonds is 5. The number of aromatic nitrogens is 1. The van der Waals surface area contributed by atoms with Gasteiger partial charge in [0, 0.05) is 17.6 Å². The van der Waals surface area contributed by atoms with Gasteiger partial charge in [-0.15, -0.1) is 11.3 Å². The smallest absolute Gasteiger partial charge is 0.315 e. The Morgan fingerprint density at radius 3 is 2.61 bits per heavy atom. The van der Waals surface area contributed by atoms with Gasteiger partial charge < -0.3 is 15.7 Å². The molecule has 2 aromatic rings. The number of urea groups is 1. The molecule has 1 aromatic carbocycles. The van der Waals surface area contributed by atoms with Crippen molar-refractivity contribution in [3.05, 3.63) is 52.5 Å². The molecule has 6 nitrogen and oxygen atoms in total. The standard InChI is InChI=1S/C16H17N3O3S/c20-15(21)11-8-12(9-11)18-16(22)19-13(14-17-6-7-23-14)10-4-2-1-3-5-10/h1-7,11-13H,8-9H2,(H,20,21)(H2,18,19,22). The summed E-state index contributed by atoms with van der Waals surface area (Å²) in [4.78, 5) is 27.3. The Bertz CT molecular complexity index is 669. The Hall–Kier alpha value is -2.41. The van der Waals surface area contributed by atoms with Crippen LogP contribution in [-0.4, -0.2) is 28.1 Å². The molecule has 1 aromatic heterocycles. The zero-order valence-electron chi connectivity index (χ0n) is 12.3. The molecule has 0 spiro atoms. The molecule has 3 rings (SSSR count). The molecule has 120 valence electrons. The number of carbonyl (C=O) groups is 2. The Kier molecular flexibility index (Phi) is 4.57. The van der Waals surface area contributed by atoms with E-state index in [-0.39, 0.29) is 24.0 Å². The topological polar surface area (TPSA) is 91.3 Å². The molecule has 1 saturated carbocycles. The first-order valence-electron chi connectivity index (χ1n) is 7.37. The summed E-state index contributed by atoms with van der Waals surface area (Å²) >= 11 is 1.48.